The molecule has 2 amide bonds. The van der Waals surface area contributed by atoms with E-state index in [1.54, 1.807) is 0 Å². The van der Waals surface area contributed by atoms with E-state index in [0.717, 1.165) is 57.2 Å². The van der Waals surface area contributed by atoms with Gasteiger partial charge < -0.3 is 19.9 Å². The molecule has 6 nitrogen and oxygen atoms in total. The maximum atomic E-state index is 14.1. The Hall–Kier alpha value is -1.92. The third kappa shape index (κ3) is 4.21. The molecule has 4 heterocycles. The maximum Gasteiger partial charge on any atom is 0.254 e. The van der Waals surface area contributed by atoms with Gasteiger partial charge in [-0.25, -0.2) is 0 Å². The molecule has 0 bridgehead atoms. The largest absolute Gasteiger partial charge is 0.376 e. The zero-order valence-corrected chi connectivity index (χ0v) is 21.1. The number of amides is 2. The van der Waals surface area contributed by atoms with Crippen molar-refractivity contribution in [3.05, 3.63) is 35.4 Å². The zero-order chi connectivity index (χ0) is 23.8. The molecule has 1 saturated carbocycles. The second-order valence-corrected chi connectivity index (χ2v) is 11.6. The van der Waals surface area contributed by atoms with E-state index in [2.05, 4.69) is 15.1 Å². The number of ether oxygens (including phenoxy) is 1. The molecule has 6 rings (SSSR count). The fraction of sp³-hybridized carbons (Fsp3) is 0.724. The number of nitrogens with one attached hydrogen (secondary N) is 1. The Morgan fingerprint density at radius 2 is 1.83 bits per heavy atom. The molecule has 4 fully saturated rings. The number of hydrogen-bond acceptors (Lipinski definition) is 4. The Balaban J connectivity index is 1.28. The van der Waals surface area contributed by atoms with Crippen molar-refractivity contribution in [1.29, 1.82) is 0 Å². The van der Waals surface area contributed by atoms with Gasteiger partial charge in [-0.1, -0.05) is 37.5 Å². The van der Waals surface area contributed by atoms with Crippen molar-refractivity contribution in [2.45, 2.75) is 94.2 Å². The fourth-order valence-corrected chi connectivity index (χ4v) is 8.07. The highest BCUT2D eigenvalue weighted by Gasteiger charge is 2.56. The summed E-state index contributed by atoms with van der Waals surface area (Å²) in [5, 5.41) is 3.44. The molecule has 35 heavy (non-hydrogen) atoms. The van der Waals surface area contributed by atoms with E-state index >= 15 is 0 Å². The lowest BCUT2D eigenvalue weighted by molar-refractivity contribution is -0.127. The van der Waals surface area contributed by atoms with E-state index in [9.17, 15) is 9.59 Å². The Morgan fingerprint density at radius 3 is 2.66 bits per heavy atom. The first-order valence-electron chi connectivity index (χ1n) is 14.2. The highest BCUT2D eigenvalue weighted by Crippen LogP contribution is 2.50. The number of piperidine rings is 2. The first-order valence-corrected chi connectivity index (χ1v) is 14.2. The fourth-order valence-electron chi connectivity index (χ4n) is 8.07. The van der Waals surface area contributed by atoms with Gasteiger partial charge in [0.2, 0.25) is 5.91 Å². The normalized spacial score (nSPS) is 32.5. The smallest absolute Gasteiger partial charge is 0.254 e. The van der Waals surface area contributed by atoms with Crippen LogP contribution in [-0.2, 0) is 9.53 Å². The van der Waals surface area contributed by atoms with Gasteiger partial charge in [0.1, 0.15) is 0 Å². The van der Waals surface area contributed by atoms with Gasteiger partial charge in [0.15, 0.2) is 0 Å². The van der Waals surface area contributed by atoms with Crippen LogP contribution >= 0.6 is 0 Å². The monoisotopic (exact) mass is 479 g/mol. The molecule has 4 atom stereocenters. The summed E-state index contributed by atoms with van der Waals surface area (Å²) < 4.78 is 5.97. The topological polar surface area (TPSA) is 61.9 Å². The summed E-state index contributed by atoms with van der Waals surface area (Å²) in [7, 11) is 0. The van der Waals surface area contributed by atoms with Crippen LogP contribution in [0.15, 0.2) is 24.3 Å². The van der Waals surface area contributed by atoms with E-state index in [1.807, 2.05) is 24.3 Å². The van der Waals surface area contributed by atoms with E-state index in [0.29, 0.717) is 24.1 Å². The van der Waals surface area contributed by atoms with Crippen LogP contribution in [0.3, 0.4) is 0 Å². The van der Waals surface area contributed by atoms with E-state index in [-0.39, 0.29) is 23.8 Å². The molecule has 1 spiro atoms. The summed E-state index contributed by atoms with van der Waals surface area (Å²) in [5.41, 5.74) is 1.22. The Morgan fingerprint density at radius 1 is 1.00 bits per heavy atom. The van der Waals surface area contributed by atoms with Crippen molar-refractivity contribution in [3.8, 4) is 0 Å². The molecule has 6 heteroatoms. The molecule has 5 aliphatic rings. The average molecular weight is 480 g/mol. The predicted molar refractivity (Wildman–Crippen MR) is 135 cm³/mol. The van der Waals surface area contributed by atoms with Crippen molar-refractivity contribution in [2.24, 2.45) is 5.92 Å². The number of rotatable bonds is 5. The minimum absolute atomic E-state index is 0.0879. The number of nitrogens with zero attached hydrogens (tertiary/aromatic N) is 2. The molecule has 1 N–H and O–H groups in total. The molecule has 0 aromatic heterocycles. The first-order chi connectivity index (χ1) is 17.2. The lowest BCUT2D eigenvalue weighted by Crippen LogP contribution is -2.62. The van der Waals surface area contributed by atoms with Gasteiger partial charge in [0.05, 0.1) is 17.6 Å². The van der Waals surface area contributed by atoms with Gasteiger partial charge in [-0.3, -0.25) is 9.59 Å². The summed E-state index contributed by atoms with van der Waals surface area (Å²) in [6.07, 6.45) is 12.4. The first kappa shape index (κ1) is 23.5. The SMILES string of the molecule is O=C(NC[C@@H]1CCCN2CCCC[C@H]12)C1c2ccccc2C(=O)N(CC2CCCO2)C12CCCC2. The van der Waals surface area contributed by atoms with Crippen LogP contribution in [0.25, 0.3) is 0 Å². The second-order valence-electron chi connectivity index (χ2n) is 11.6. The van der Waals surface area contributed by atoms with Gasteiger partial charge in [-0.15, -0.1) is 0 Å². The van der Waals surface area contributed by atoms with Crippen LogP contribution in [0.4, 0.5) is 0 Å². The number of benzene rings is 1. The maximum absolute atomic E-state index is 14.1. The molecule has 4 aliphatic heterocycles. The highest BCUT2D eigenvalue weighted by atomic mass is 16.5. The zero-order valence-electron chi connectivity index (χ0n) is 21.1. The van der Waals surface area contributed by atoms with Crippen molar-refractivity contribution >= 4 is 11.8 Å². The van der Waals surface area contributed by atoms with Crippen molar-refractivity contribution in [2.75, 3.05) is 32.8 Å². The standard InChI is InChI=1S/C29H41N3O3/c33-27(30-19-21-9-7-17-31-16-6-3-13-25(21)31)26-23-11-1-2-12-24(23)28(34)32(20-22-10-8-18-35-22)29(26)14-4-5-15-29/h1-2,11-12,21-22,25-26H,3-10,13-20H2,(H,30,33)/t21-,22?,25+,26?/m0/s1. The summed E-state index contributed by atoms with van der Waals surface area (Å²) >= 11 is 0. The predicted octanol–water partition coefficient (Wildman–Crippen LogP) is 4.10. The van der Waals surface area contributed by atoms with Gasteiger partial charge in [0.25, 0.3) is 5.91 Å². The molecule has 3 saturated heterocycles. The lowest BCUT2D eigenvalue weighted by atomic mass is 9.70. The molecule has 1 aliphatic carbocycles. The third-order valence-corrected chi connectivity index (χ3v) is 9.73. The van der Waals surface area contributed by atoms with Crippen LogP contribution in [-0.4, -0.2) is 72.1 Å². The molecule has 2 unspecified atom stereocenters. The lowest BCUT2D eigenvalue weighted by Gasteiger charge is -2.51. The van der Waals surface area contributed by atoms with Crippen LogP contribution < -0.4 is 5.32 Å². The van der Waals surface area contributed by atoms with Gasteiger partial charge in [-0.2, -0.15) is 0 Å². The number of hydrogen-bond donors (Lipinski definition) is 1. The van der Waals surface area contributed by atoms with Crippen LogP contribution in [0.2, 0.25) is 0 Å². The number of carbonyl (C=O) groups is 2. The van der Waals surface area contributed by atoms with Crippen molar-refractivity contribution in [3.63, 3.8) is 0 Å². The van der Waals surface area contributed by atoms with Gasteiger partial charge in [0, 0.05) is 31.3 Å². The highest BCUT2D eigenvalue weighted by molar-refractivity contribution is 6.02. The minimum Gasteiger partial charge on any atom is -0.376 e. The summed E-state index contributed by atoms with van der Waals surface area (Å²) in [4.78, 5) is 32.7. The van der Waals surface area contributed by atoms with Crippen molar-refractivity contribution < 1.29 is 14.3 Å². The number of fused-ring (bicyclic) bond motifs is 2. The Kier molecular flexibility index (Phi) is 6.61. The molecule has 190 valence electrons. The van der Waals surface area contributed by atoms with Gasteiger partial charge in [-0.05, 0) is 82.0 Å². The van der Waals surface area contributed by atoms with E-state index in [1.165, 1.54) is 45.2 Å². The van der Waals surface area contributed by atoms with Crippen LogP contribution in [0.1, 0.15) is 92.5 Å². The average Bonchev–Trinajstić information content (AvgIpc) is 3.58. The van der Waals surface area contributed by atoms with Crippen LogP contribution in [0, 0.1) is 5.92 Å². The Labute approximate surface area is 209 Å². The van der Waals surface area contributed by atoms with E-state index < -0.39 is 5.54 Å². The Bertz CT molecular complexity index is 935. The summed E-state index contributed by atoms with van der Waals surface area (Å²) in [6, 6.07) is 8.50. The minimum atomic E-state index is -0.426. The second kappa shape index (κ2) is 9.85. The molecule has 1 aromatic carbocycles. The third-order valence-electron chi connectivity index (χ3n) is 9.73. The summed E-state index contributed by atoms with van der Waals surface area (Å²) in [5.74, 6) is 0.451. The van der Waals surface area contributed by atoms with Gasteiger partial charge >= 0.3 is 0 Å². The molecule has 1 aromatic rings. The van der Waals surface area contributed by atoms with E-state index in [4.69, 9.17) is 4.74 Å². The van der Waals surface area contributed by atoms with Crippen LogP contribution in [0.5, 0.6) is 0 Å². The molecule has 0 radical (unpaired) electrons. The number of carbonyl (C=O) groups excluding carboxylic acids is 2. The quantitative estimate of drug-likeness (QED) is 0.691. The van der Waals surface area contributed by atoms with Crippen molar-refractivity contribution in [1.82, 2.24) is 15.1 Å². The molecular formula is C29H41N3O3. The molecular weight excluding hydrogens is 438 g/mol. The summed E-state index contributed by atoms with van der Waals surface area (Å²) in [6.45, 7) is 4.58.